The van der Waals surface area contributed by atoms with Gasteiger partial charge in [0.25, 0.3) is 0 Å². The quantitative estimate of drug-likeness (QED) is 0.637. The highest BCUT2D eigenvalue weighted by Crippen LogP contribution is 2.19. The number of ether oxygens (including phenoxy) is 1. The Bertz CT molecular complexity index is 933. The number of carbonyl (C=O) groups excluding carboxylic acids is 2. The number of alkyl carbamates (subject to hydrolysis) is 1. The molecule has 0 aliphatic carbocycles. The summed E-state index contributed by atoms with van der Waals surface area (Å²) in [6.45, 7) is 2.08. The molecule has 1 atom stereocenters. The summed E-state index contributed by atoms with van der Waals surface area (Å²) in [4.78, 5) is 27.0. The fraction of sp³-hybridized carbons (Fsp3) is 0.200. The van der Waals surface area contributed by atoms with Gasteiger partial charge >= 0.3 is 6.09 Å². The van der Waals surface area contributed by atoms with Gasteiger partial charge in [-0.2, -0.15) is 0 Å². The molecule has 0 aliphatic heterocycles. The van der Waals surface area contributed by atoms with E-state index in [1.165, 1.54) is 0 Å². The van der Waals surface area contributed by atoms with Crippen LogP contribution >= 0.6 is 0 Å². The Hall–Kier alpha value is -3.28. The van der Waals surface area contributed by atoms with Crippen molar-refractivity contribution in [1.82, 2.24) is 10.3 Å². The molecule has 2 aromatic carbocycles. The van der Waals surface area contributed by atoms with Crippen molar-refractivity contribution in [2.75, 3.05) is 0 Å². The fourth-order valence-corrected chi connectivity index (χ4v) is 2.84. The Balaban J connectivity index is 1.64. The summed E-state index contributed by atoms with van der Waals surface area (Å²) in [7, 11) is 0. The SMILES string of the molecule is Cc1ccccc1COC(=O)NC(Cc1c[nH]c2ccccc12)C(N)=O. The van der Waals surface area contributed by atoms with Gasteiger partial charge in [-0.05, 0) is 29.7 Å². The fourth-order valence-electron chi connectivity index (χ4n) is 2.84. The molecule has 26 heavy (non-hydrogen) atoms. The minimum Gasteiger partial charge on any atom is -0.445 e. The zero-order valence-electron chi connectivity index (χ0n) is 14.5. The smallest absolute Gasteiger partial charge is 0.408 e. The first-order valence-corrected chi connectivity index (χ1v) is 8.36. The molecule has 1 unspecified atom stereocenters. The molecule has 2 amide bonds. The zero-order chi connectivity index (χ0) is 18.5. The van der Waals surface area contributed by atoms with E-state index in [2.05, 4.69) is 10.3 Å². The van der Waals surface area contributed by atoms with E-state index in [4.69, 9.17) is 10.5 Å². The molecular formula is C20H21N3O3. The summed E-state index contributed by atoms with van der Waals surface area (Å²) in [5.41, 5.74) is 9.27. The maximum Gasteiger partial charge on any atom is 0.408 e. The van der Waals surface area contributed by atoms with Crippen LogP contribution in [-0.2, 0) is 22.6 Å². The molecule has 0 fully saturated rings. The summed E-state index contributed by atoms with van der Waals surface area (Å²) < 4.78 is 5.23. The molecule has 0 saturated heterocycles. The molecule has 6 nitrogen and oxygen atoms in total. The number of aryl methyl sites for hydroxylation is 1. The van der Waals surface area contributed by atoms with Crippen molar-refractivity contribution in [1.29, 1.82) is 0 Å². The van der Waals surface area contributed by atoms with Crippen LogP contribution in [0.15, 0.2) is 54.7 Å². The lowest BCUT2D eigenvalue weighted by Crippen LogP contribution is -2.46. The van der Waals surface area contributed by atoms with Gasteiger partial charge in [-0.15, -0.1) is 0 Å². The second kappa shape index (κ2) is 7.74. The van der Waals surface area contributed by atoms with E-state index in [9.17, 15) is 9.59 Å². The van der Waals surface area contributed by atoms with Gasteiger partial charge in [-0.25, -0.2) is 4.79 Å². The molecule has 0 bridgehead atoms. The highest BCUT2D eigenvalue weighted by molar-refractivity contribution is 5.87. The Morgan fingerprint density at radius 3 is 2.62 bits per heavy atom. The molecule has 3 rings (SSSR count). The van der Waals surface area contributed by atoms with Gasteiger partial charge in [0.1, 0.15) is 12.6 Å². The number of nitrogens with two attached hydrogens (primary N) is 1. The predicted molar refractivity (Wildman–Crippen MR) is 99.5 cm³/mol. The summed E-state index contributed by atoms with van der Waals surface area (Å²) >= 11 is 0. The van der Waals surface area contributed by atoms with Crippen LogP contribution in [0.3, 0.4) is 0 Å². The number of rotatable bonds is 6. The van der Waals surface area contributed by atoms with Crippen LogP contribution < -0.4 is 11.1 Å². The van der Waals surface area contributed by atoms with E-state index in [1.807, 2.05) is 61.7 Å². The molecule has 0 aliphatic rings. The lowest BCUT2D eigenvalue weighted by molar-refractivity contribution is -0.119. The van der Waals surface area contributed by atoms with Crippen molar-refractivity contribution < 1.29 is 14.3 Å². The van der Waals surface area contributed by atoms with Gasteiger partial charge in [-0.1, -0.05) is 42.5 Å². The van der Waals surface area contributed by atoms with Gasteiger partial charge in [-0.3, -0.25) is 4.79 Å². The normalized spacial score (nSPS) is 11.9. The van der Waals surface area contributed by atoms with E-state index in [0.29, 0.717) is 6.42 Å². The first-order valence-electron chi connectivity index (χ1n) is 8.36. The van der Waals surface area contributed by atoms with Crippen LogP contribution in [0.5, 0.6) is 0 Å². The number of aromatic nitrogens is 1. The minimum atomic E-state index is -0.849. The van der Waals surface area contributed by atoms with Crippen LogP contribution in [-0.4, -0.2) is 23.0 Å². The number of amides is 2. The van der Waals surface area contributed by atoms with Crippen LogP contribution in [0.1, 0.15) is 16.7 Å². The standard InChI is InChI=1S/C20H21N3O3/c1-13-6-2-3-7-14(13)12-26-20(25)23-18(19(21)24)10-15-11-22-17-9-5-4-8-16(15)17/h2-9,11,18,22H,10,12H2,1H3,(H2,21,24)(H,23,25). The van der Waals surface area contributed by atoms with Crippen LogP contribution in [0, 0.1) is 6.92 Å². The molecule has 0 spiro atoms. The van der Waals surface area contributed by atoms with E-state index in [0.717, 1.165) is 27.6 Å². The molecular weight excluding hydrogens is 330 g/mol. The van der Waals surface area contributed by atoms with Crippen molar-refractivity contribution >= 4 is 22.9 Å². The number of hydrogen-bond donors (Lipinski definition) is 3. The average molecular weight is 351 g/mol. The molecule has 134 valence electrons. The number of fused-ring (bicyclic) bond motifs is 1. The van der Waals surface area contributed by atoms with E-state index in [-0.39, 0.29) is 6.61 Å². The molecule has 6 heteroatoms. The van der Waals surface area contributed by atoms with Gasteiger partial charge in [0.05, 0.1) is 0 Å². The average Bonchev–Trinajstić information content (AvgIpc) is 3.03. The number of H-pyrrole nitrogens is 1. The predicted octanol–water partition coefficient (Wildman–Crippen LogP) is 2.80. The third-order valence-electron chi connectivity index (χ3n) is 4.35. The number of para-hydroxylation sites is 1. The highest BCUT2D eigenvalue weighted by Gasteiger charge is 2.21. The monoisotopic (exact) mass is 351 g/mol. The summed E-state index contributed by atoms with van der Waals surface area (Å²) in [5, 5.41) is 3.55. The van der Waals surface area contributed by atoms with Crippen molar-refractivity contribution in [3.63, 3.8) is 0 Å². The maximum atomic E-state index is 12.1. The zero-order valence-corrected chi connectivity index (χ0v) is 14.5. The van der Waals surface area contributed by atoms with Crippen LogP contribution in [0.2, 0.25) is 0 Å². The Morgan fingerprint density at radius 2 is 1.85 bits per heavy atom. The number of primary amides is 1. The number of benzene rings is 2. The Labute approximate surface area is 151 Å². The Morgan fingerprint density at radius 1 is 1.12 bits per heavy atom. The van der Waals surface area contributed by atoms with Crippen LogP contribution in [0.4, 0.5) is 4.79 Å². The van der Waals surface area contributed by atoms with Gasteiger partial charge in [0.2, 0.25) is 5.91 Å². The largest absolute Gasteiger partial charge is 0.445 e. The third-order valence-corrected chi connectivity index (χ3v) is 4.35. The molecule has 0 saturated carbocycles. The highest BCUT2D eigenvalue weighted by atomic mass is 16.5. The molecule has 1 aromatic heterocycles. The summed E-state index contributed by atoms with van der Waals surface area (Å²) in [5.74, 6) is -0.608. The lowest BCUT2D eigenvalue weighted by atomic mass is 10.0. The first-order chi connectivity index (χ1) is 12.5. The van der Waals surface area contributed by atoms with Crippen molar-refractivity contribution in [2.24, 2.45) is 5.73 Å². The van der Waals surface area contributed by atoms with Crippen molar-refractivity contribution in [3.8, 4) is 0 Å². The lowest BCUT2D eigenvalue weighted by Gasteiger charge is -2.15. The van der Waals surface area contributed by atoms with Crippen molar-refractivity contribution in [3.05, 3.63) is 71.4 Å². The van der Waals surface area contributed by atoms with E-state index < -0.39 is 18.0 Å². The number of carbonyl (C=O) groups is 2. The van der Waals surface area contributed by atoms with Crippen molar-refractivity contribution in [2.45, 2.75) is 26.0 Å². The number of hydrogen-bond acceptors (Lipinski definition) is 3. The minimum absolute atomic E-state index is 0.136. The second-order valence-electron chi connectivity index (χ2n) is 6.17. The van der Waals surface area contributed by atoms with E-state index in [1.54, 1.807) is 0 Å². The second-order valence-corrected chi connectivity index (χ2v) is 6.17. The topological polar surface area (TPSA) is 97.2 Å². The molecule has 1 heterocycles. The molecule has 4 N–H and O–H groups in total. The molecule has 0 radical (unpaired) electrons. The molecule has 3 aromatic rings. The number of nitrogens with one attached hydrogen (secondary N) is 2. The maximum absolute atomic E-state index is 12.1. The first kappa shape index (κ1) is 17.5. The van der Waals surface area contributed by atoms with Crippen LogP contribution in [0.25, 0.3) is 10.9 Å². The van der Waals surface area contributed by atoms with Gasteiger partial charge in [0, 0.05) is 23.5 Å². The van der Waals surface area contributed by atoms with Gasteiger partial charge in [0.15, 0.2) is 0 Å². The Kier molecular flexibility index (Phi) is 5.22. The third kappa shape index (κ3) is 4.03. The summed E-state index contributed by atoms with van der Waals surface area (Å²) in [6, 6.07) is 14.5. The van der Waals surface area contributed by atoms with E-state index >= 15 is 0 Å². The van der Waals surface area contributed by atoms with Gasteiger partial charge < -0.3 is 20.8 Å². The number of aromatic amines is 1. The summed E-state index contributed by atoms with van der Waals surface area (Å²) in [6.07, 6.45) is 1.44.